The van der Waals surface area contributed by atoms with Crippen LogP contribution in [0.2, 0.25) is 0 Å². The van der Waals surface area contributed by atoms with E-state index in [2.05, 4.69) is 15.8 Å². The molecule has 0 rings (SSSR count). The van der Waals surface area contributed by atoms with E-state index in [1.54, 1.807) is 0 Å². The van der Waals surface area contributed by atoms with Crippen molar-refractivity contribution in [1.29, 1.82) is 0 Å². The Morgan fingerprint density at radius 3 is 1.88 bits per heavy atom. The molecule has 0 aromatic heterocycles. The van der Waals surface area contributed by atoms with Crippen LogP contribution in [0.3, 0.4) is 0 Å². The molecule has 0 spiro atoms. The predicted octanol–water partition coefficient (Wildman–Crippen LogP) is 1.44. The van der Waals surface area contributed by atoms with E-state index >= 15 is 0 Å². The molecule has 2 nitrogen and oxygen atoms in total. The summed E-state index contributed by atoms with van der Waals surface area (Å²) in [4.78, 5) is 0. The Morgan fingerprint density at radius 1 is 1.25 bits per heavy atom. The second-order valence-electron chi connectivity index (χ2n) is 1.19. The summed E-state index contributed by atoms with van der Waals surface area (Å²) in [6, 6.07) is 0. The molecular formula is C4H10BBrO2. The highest BCUT2D eigenvalue weighted by Gasteiger charge is 2.09. The third kappa shape index (κ3) is 4.62. The van der Waals surface area contributed by atoms with E-state index in [9.17, 15) is 0 Å². The Bertz CT molecular complexity index is 47.3. The van der Waals surface area contributed by atoms with Gasteiger partial charge in [0, 0.05) is 13.2 Å². The minimum Gasteiger partial charge on any atom is -0.402 e. The summed E-state index contributed by atoms with van der Waals surface area (Å²) in [6.07, 6.45) is 0. The highest BCUT2D eigenvalue weighted by molar-refractivity contribution is 9.24. The van der Waals surface area contributed by atoms with Crippen molar-refractivity contribution in [2.24, 2.45) is 0 Å². The van der Waals surface area contributed by atoms with Crippen LogP contribution in [0, 0.1) is 0 Å². The van der Waals surface area contributed by atoms with Crippen LogP contribution in [0.15, 0.2) is 0 Å². The van der Waals surface area contributed by atoms with E-state index in [-0.39, 0.29) is 5.94 Å². The second-order valence-corrected chi connectivity index (χ2v) is 1.93. The smallest absolute Gasteiger partial charge is 0.402 e. The molecule has 0 aromatic carbocycles. The number of hydrogen-bond acceptors (Lipinski definition) is 2. The highest BCUT2D eigenvalue weighted by Crippen LogP contribution is 1.96. The molecule has 0 aliphatic carbocycles. The second kappa shape index (κ2) is 5.60. The largest absolute Gasteiger partial charge is 0.539 e. The maximum atomic E-state index is 4.98. The van der Waals surface area contributed by atoms with Crippen molar-refractivity contribution in [2.45, 2.75) is 13.8 Å². The standard InChI is InChI=1S/C4H10BBrO2/c1-3-7-5(6)8-4-2/h3-4H2,1-2H3. The average molecular weight is 181 g/mol. The van der Waals surface area contributed by atoms with Crippen LogP contribution >= 0.6 is 15.8 Å². The van der Waals surface area contributed by atoms with Crippen LogP contribution in [0.1, 0.15) is 13.8 Å². The van der Waals surface area contributed by atoms with Gasteiger partial charge in [-0.05, 0) is 13.8 Å². The molecule has 0 aromatic rings. The number of halogens is 1. The van der Waals surface area contributed by atoms with Crippen LogP contribution in [-0.4, -0.2) is 19.2 Å². The summed E-state index contributed by atoms with van der Waals surface area (Å²) in [6.45, 7) is 5.20. The van der Waals surface area contributed by atoms with Gasteiger partial charge in [0.2, 0.25) is 0 Å². The lowest BCUT2D eigenvalue weighted by atomic mass is 10.4. The van der Waals surface area contributed by atoms with Gasteiger partial charge in [0.1, 0.15) is 0 Å². The number of rotatable bonds is 4. The van der Waals surface area contributed by atoms with Crippen LogP contribution in [0.25, 0.3) is 0 Å². The molecule has 0 amide bonds. The quantitative estimate of drug-likeness (QED) is 0.610. The van der Waals surface area contributed by atoms with Gasteiger partial charge in [0.05, 0.1) is 0 Å². The Balaban J connectivity index is 2.92. The van der Waals surface area contributed by atoms with Gasteiger partial charge < -0.3 is 9.31 Å². The fraction of sp³-hybridized carbons (Fsp3) is 1.00. The van der Waals surface area contributed by atoms with Crippen molar-refractivity contribution in [1.82, 2.24) is 0 Å². The first-order valence-corrected chi connectivity index (χ1v) is 3.60. The molecule has 0 N–H and O–H groups in total. The zero-order valence-corrected chi connectivity index (χ0v) is 6.77. The topological polar surface area (TPSA) is 18.5 Å². The zero-order valence-electron chi connectivity index (χ0n) is 5.19. The van der Waals surface area contributed by atoms with Gasteiger partial charge >= 0.3 is 5.94 Å². The summed E-state index contributed by atoms with van der Waals surface area (Å²) in [5, 5.41) is 0. The average Bonchev–Trinajstić information content (AvgIpc) is 1.68. The molecule has 0 aliphatic heterocycles. The predicted molar refractivity (Wildman–Crippen MR) is 37.9 cm³/mol. The van der Waals surface area contributed by atoms with Gasteiger partial charge in [-0.3, -0.25) is 0 Å². The molecule has 0 unspecified atom stereocenters. The molecule has 0 bridgehead atoms. The molecule has 0 radical (unpaired) electrons. The van der Waals surface area contributed by atoms with Crippen LogP contribution < -0.4 is 0 Å². The van der Waals surface area contributed by atoms with E-state index in [0.717, 1.165) is 0 Å². The molecule has 0 saturated heterocycles. The Morgan fingerprint density at radius 2 is 1.62 bits per heavy atom. The summed E-state index contributed by atoms with van der Waals surface area (Å²) >= 11 is 3.15. The molecule has 48 valence electrons. The molecule has 0 atom stereocenters. The maximum Gasteiger partial charge on any atom is 0.539 e. The van der Waals surface area contributed by atoms with E-state index in [0.29, 0.717) is 13.2 Å². The van der Waals surface area contributed by atoms with E-state index < -0.39 is 0 Å². The Kier molecular flexibility index (Phi) is 5.92. The fourth-order valence-corrected chi connectivity index (χ4v) is 0.839. The SMILES string of the molecule is CCOB(Br)OCC. The Labute approximate surface area is 58.7 Å². The summed E-state index contributed by atoms with van der Waals surface area (Å²) in [5.74, 6) is -0.225. The molecule has 8 heavy (non-hydrogen) atoms. The van der Waals surface area contributed by atoms with Crippen molar-refractivity contribution < 1.29 is 9.31 Å². The third-order valence-corrected chi connectivity index (χ3v) is 1.12. The lowest BCUT2D eigenvalue weighted by Crippen LogP contribution is -2.14. The van der Waals surface area contributed by atoms with Gasteiger partial charge in [-0.2, -0.15) is 0 Å². The summed E-state index contributed by atoms with van der Waals surface area (Å²) in [5.41, 5.74) is 0. The molecule has 0 heterocycles. The van der Waals surface area contributed by atoms with Crippen LogP contribution in [0.5, 0.6) is 0 Å². The van der Waals surface area contributed by atoms with Gasteiger partial charge in [-0.15, -0.1) is 0 Å². The van der Waals surface area contributed by atoms with E-state index in [1.807, 2.05) is 13.8 Å². The van der Waals surface area contributed by atoms with Gasteiger partial charge in [-0.25, -0.2) is 0 Å². The van der Waals surface area contributed by atoms with Crippen molar-refractivity contribution in [2.75, 3.05) is 13.2 Å². The summed E-state index contributed by atoms with van der Waals surface area (Å²) < 4.78 is 9.95. The van der Waals surface area contributed by atoms with Gasteiger partial charge in [0.15, 0.2) is 0 Å². The van der Waals surface area contributed by atoms with Gasteiger partial charge in [-0.1, -0.05) is 15.8 Å². The molecular weight excluding hydrogens is 171 g/mol. The van der Waals surface area contributed by atoms with Crippen molar-refractivity contribution in [3.05, 3.63) is 0 Å². The lowest BCUT2D eigenvalue weighted by molar-refractivity contribution is 0.235. The normalized spacial score (nSPS) is 9.38. The first-order valence-electron chi connectivity index (χ1n) is 2.68. The summed E-state index contributed by atoms with van der Waals surface area (Å²) in [7, 11) is 0. The van der Waals surface area contributed by atoms with E-state index in [1.165, 1.54) is 0 Å². The minimum atomic E-state index is -0.225. The molecule has 0 aliphatic rings. The van der Waals surface area contributed by atoms with Crippen molar-refractivity contribution in [3.63, 3.8) is 0 Å². The van der Waals surface area contributed by atoms with Crippen LogP contribution in [0.4, 0.5) is 0 Å². The van der Waals surface area contributed by atoms with E-state index in [4.69, 9.17) is 9.31 Å². The third-order valence-electron chi connectivity index (χ3n) is 0.595. The monoisotopic (exact) mass is 180 g/mol. The van der Waals surface area contributed by atoms with Gasteiger partial charge in [0.25, 0.3) is 0 Å². The zero-order chi connectivity index (χ0) is 6.41. The highest BCUT2D eigenvalue weighted by atomic mass is 79.9. The molecule has 0 fully saturated rings. The van der Waals surface area contributed by atoms with Crippen molar-refractivity contribution >= 4 is 21.7 Å². The van der Waals surface area contributed by atoms with Crippen molar-refractivity contribution in [3.8, 4) is 0 Å². The Hall–Kier alpha value is 0.465. The fourth-order valence-electron chi connectivity index (χ4n) is 0.310. The maximum absolute atomic E-state index is 4.98. The first-order chi connectivity index (χ1) is 3.81. The van der Waals surface area contributed by atoms with Crippen LogP contribution in [-0.2, 0) is 9.31 Å². The molecule has 4 heteroatoms. The minimum absolute atomic E-state index is 0.225. The first kappa shape index (κ1) is 8.46. The number of hydrogen-bond donors (Lipinski definition) is 0. The molecule has 0 saturated carbocycles. The lowest BCUT2D eigenvalue weighted by Gasteiger charge is -2.02.